The third-order valence-electron chi connectivity index (χ3n) is 5.22. The maximum Gasteiger partial charge on any atom is 0.251 e. The minimum atomic E-state index is -0.597. The molecular formula is C23H30N4O2. The molecule has 2 aromatic rings. The molecule has 2 N–H and O–H groups in total. The van der Waals surface area contributed by atoms with Crippen LogP contribution < -0.4 is 15.5 Å². The molecule has 6 heteroatoms. The first-order chi connectivity index (χ1) is 13.9. The van der Waals surface area contributed by atoms with E-state index in [0.29, 0.717) is 12.1 Å². The zero-order chi connectivity index (χ0) is 20.8. The summed E-state index contributed by atoms with van der Waals surface area (Å²) in [5, 5.41) is 5.80. The Bertz CT molecular complexity index is 842. The molecule has 3 rings (SSSR count). The van der Waals surface area contributed by atoms with E-state index in [2.05, 4.69) is 20.5 Å². The maximum atomic E-state index is 12.7. The molecule has 0 bridgehead atoms. The SMILES string of the molecule is Cc1cccc(C(=O)NC(C(=O)NCc2ccc(N3CCCC3)nc2)C(C)C)c1. The summed E-state index contributed by atoms with van der Waals surface area (Å²) in [7, 11) is 0. The van der Waals surface area contributed by atoms with Crippen LogP contribution in [-0.2, 0) is 11.3 Å². The molecule has 1 unspecified atom stereocenters. The van der Waals surface area contributed by atoms with Gasteiger partial charge in [0.15, 0.2) is 0 Å². The normalized spacial score (nSPS) is 14.7. The molecule has 0 saturated carbocycles. The number of amides is 2. The van der Waals surface area contributed by atoms with E-state index in [-0.39, 0.29) is 17.7 Å². The summed E-state index contributed by atoms with van der Waals surface area (Å²) in [6, 6.07) is 10.8. The van der Waals surface area contributed by atoms with Gasteiger partial charge in [-0.3, -0.25) is 9.59 Å². The quantitative estimate of drug-likeness (QED) is 0.757. The molecule has 2 heterocycles. The van der Waals surface area contributed by atoms with Crippen LogP contribution in [0.4, 0.5) is 5.82 Å². The van der Waals surface area contributed by atoms with Crippen molar-refractivity contribution in [3.05, 3.63) is 59.3 Å². The molecule has 1 aliphatic rings. The Labute approximate surface area is 172 Å². The Balaban J connectivity index is 1.57. The van der Waals surface area contributed by atoms with E-state index in [1.807, 2.05) is 57.3 Å². The smallest absolute Gasteiger partial charge is 0.251 e. The highest BCUT2D eigenvalue weighted by atomic mass is 16.2. The number of pyridine rings is 1. The van der Waals surface area contributed by atoms with Gasteiger partial charge in [0.05, 0.1) is 0 Å². The lowest BCUT2D eigenvalue weighted by Crippen LogP contribution is -2.49. The fourth-order valence-corrected chi connectivity index (χ4v) is 3.50. The molecule has 0 spiro atoms. The molecule has 0 aliphatic carbocycles. The predicted octanol–water partition coefficient (Wildman–Crippen LogP) is 3.06. The molecule has 1 fully saturated rings. The number of carbonyl (C=O) groups is 2. The lowest BCUT2D eigenvalue weighted by atomic mass is 10.0. The van der Waals surface area contributed by atoms with Crippen molar-refractivity contribution in [3.63, 3.8) is 0 Å². The van der Waals surface area contributed by atoms with E-state index >= 15 is 0 Å². The number of nitrogens with zero attached hydrogens (tertiary/aromatic N) is 2. The monoisotopic (exact) mass is 394 g/mol. The van der Waals surface area contributed by atoms with Gasteiger partial charge in [-0.05, 0) is 49.4 Å². The number of anilines is 1. The minimum Gasteiger partial charge on any atom is -0.357 e. The summed E-state index contributed by atoms with van der Waals surface area (Å²) in [6.45, 7) is 8.28. The fourth-order valence-electron chi connectivity index (χ4n) is 3.50. The van der Waals surface area contributed by atoms with Gasteiger partial charge in [-0.2, -0.15) is 0 Å². The van der Waals surface area contributed by atoms with Gasteiger partial charge in [-0.15, -0.1) is 0 Å². The highest BCUT2D eigenvalue weighted by Crippen LogP contribution is 2.17. The van der Waals surface area contributed by atoms with Crippen molar-refractivity contribution in [2.24, 2.45) is 5.92 Å². The van der Waals surface area contributed by atoms with Gasteiger partial charge in [0.1, 0.15) is 11.9 Å². The summed E-state index contributed by atoms with van der Waals surface area (Å²) < 4.78 is 0. The Kier molecular flexibility index (Phi) is 6.86. The van der Waals surface area contributed by atoms with Crippen molar-refractivity contribution in [1.29, 1.82) is 0 Å². The molecule has 154 valence electrons. The number of hydrogen-bond acceptors (Lipinski definition) is 4. The number of aromatic nitrogens is 1. The van der Waals surface area contributed by atoms with Crippen LogP contribution in [0.3, 0.4) is 0 Å². The topological polar surface area (TPSA) is 74.3 Å². The van der Waals surface area contributed by atoms with Crippen molar-refractivity contribution in [1.82, 2.24) is 15.6 Å². The van der Waals surface area contributed by atoms with Crippen LogP contribution in [-0.4, -0.2) is 35.9 Å². The maximum absolute atomic E-state index is 12.7. The van der Waals surface area contributed by atoms with Crippen LogP contribution in [0.25, 0.3) is 0 Å². The van der Waals surface area contributed by atoms with E-state index in [0.717, 1.165) is 30.0 Å². The average Bonchev–Trinajstić information content (AvgIpc) is 3.25. The number of carbonyl (C=O) groups excluding carboxylic acids is 2. The van der Waals surface area contributed by atoms with E-state index in [4.69, 9.17) is 0 Å². The summed E-state index contributed by atoms with van der Waals surface area (Å²) >= 11 is 0. The third-order valence-corrected chi connectivity index (χ3v) is 5.22. The molecule has 1 aromatic heterocycles. The second kappa shape index (κ2) is 9.54. The van der Waals surface area contributed by atoms with Crippen molar-refractivity contribution in [2.75, 3.05) is 18.0 Å². The average molecular weight is 395 g/mol. The summed E-state index contributed by atoms with van der Waals surface area (Å²) in [4.78, 5) is 32.1. The van der Waals surface area contributed by atoms with E-state index in [9.17, 15) is 9.59 Å². The van der Waals surface area contributed by atoms with Crippen LogP contribution in [0.5, 0.6) is 0 Å². The van der Waals surface area contributed by atoms with Gasteiger partial charge in [-0.1, -0.05) is 37.6 Å². The molecule has 1 atom stereocenters. The molecule has 29 heavy (non-hydrogen) atoms. The summed E-state index contributed by atoms with van der Waals surface area (Å²) in [6.07, 6.45) is 4.23. The first kappa shape index (κ1) is 20.8. The second-order valence-corrected chi connectivity index (χ2v) is 8.00. The van der Waals surface area contributed by atoms with Crippen molar-refractivity contribution in [3.8, 4) is 0 Å². The number of hydrogen-bond donors (Lipinski definition) is 2. The zero-order valence-corrected chi connectivity index (χ0v) is 17.4. The van der Waals surface area contributed by atoms with Crippen LogP contribution in [0.15, 0.2) is 42.6 Å². The first-order valence-electron chi connectivity index (χ1n) is 10.3. The minimum absolute atomic E-state index is 0.0283. The molecule has 1 saturated heterocycles. The van der Waals surface area contributed by atoms with Crippen LogP contribution in [0, 0.1) is 12.8 Å². The number of aryl methyl sites for hydroxylation is 1. The van der Waals surface area contributed by atoms with Gasteiger partial charge in [0.2, 0.25) is 5.91 Å². The zero-order valence-electron chi connectivity index (χ0n) is 17.4. The van der Waals surface area contributed by atoms with Crippen molar-refractivity contribution in [2.45, 2.75) is 46.2 Å². The Hall–Kier alpha value is -2.89. The standard InChI is InChI=1S/C23H30N4O2/c1-16(2)21(26-22(28)19-8-6-7-17(3)13-19)23(29)25-15-18-9-10-20(24-14-18)27-11-4-5-12-27/h6-10,13-14,16,21H,4-5,11-12,15H2,1-3H3,(H,25,29)(H,26,28). The third kappa shape index (κ3) is 5.56. The summed E-state index contributed by atoms with van der Waals surface area (Å²) in [5.74, 6) is 0.534. The number of benzene rings is 1. The van der Waals surface area contributed by atoms with E-state index in [1.165, 1.54) is 12.8 Å². The Morgan fingerprint density at radius 1 is 1.14 bits per heavy atom. The molecule has 1 aliphatic heterocycles. The first-order valence-corrected chi connectivity index (χ1v) is 10.3. The highest BCUT2D eigenvalue weighted by molar-refractivity contribution is 5.97. The van der Waals surface area contributed by atoms with Gasteiger partial charge in [0, 0.05) is 31.4 Å². The lowest BCUT2D eigenvalue weighted by molar-refractivity contribution is -0.124. The lowest BCUT2D eigenvalue weighted by Gasteiger charge is -2.22. The molecular weight excluding hydrogens is 364 g/mol. The molecule has 6 nitrogen and oxygen atoms in total. The van der Waals surface area contributed by atoms with Gasteiger partial charge >= 0.3 is 0 Å². The van der Waals surface area contributed by atoms with Gasteiger partial charge in [0.25, 0.3) is 5.91 Å². The largest absolute Gasteiger partial charge is 0.357 e. The fraction of sp³-hybridized carbons (Fsp3) is 0.435. The second-order valence-electron chi connectivity index (χ2n) is 8.00. The molecule has 1 aromatic carbocycles. The van der Waals surface area contributed by atoms with Crippen LogP contribution >= 0.6 is 0 Å². The number of rotatable bonds is 7. The molecule has 0 radical (unpaired) electrons. The van der Waals surface area contributed by atoms with E-state index in [1.54, 1.807) is 6.07 Å². The van der Waals surface area contributed by atoms with Gasteiger partial charge in [-0.25, -0.2) is 4.98 Å². The Morgan fingerprint density at radius 2 is 1.90 bits per heavy atom. The van der Waals surface area contributed by atoms with E-state index < -0.39 is 6.04 Å². The number of nitrogens with one attached hydrogen (secondary N) is 2. The van der Waals surface area contributed by atoms with Crippen molar-refractivity contribution >= 4 is 17.6 Å². The molecule has 2 amide bonds. The van der Waals surface area contributed by atoms with Crippen LogP contribution in [0.1, 0.15) is 48.2 Å². The summed E-state index contributed by atoms with van der Waals surface area (Å²) in [5.41, 5.74) is 2.51. The van der Waals surface area contributed by atoms with Crippen molar-refractivity contribution < 1.29 is 9.59 Å². The van der Waals surface area contributed by atoms with Crippen LogP contribution in [0.2, 0.25) is 0 Å². The predicted molar refractivity (Wildman–Crippen MR) is 115 cm³/mol. The van der Waals surface area contributed by atoms with Gasteiger partial charge < -0.3 is 15.5 Å². The highest BCUT2D eigenvalue weighted by Gasteiger charge is 2.24. The Morgan fingerprint density at radius 3 is 2.52 bits per heavy atom.